The molecule has 0 saturated carbocycles. The van der Waals surface area contributed by atoms with E-state index in [-0.39, 0.29) is 12.5 Å². The van der Waals surface area contributed by atoms with Crippen molar-refractivity contribution >= 4 is 34.6 Å². The summed E-state index contributed by atoms with van der Waals surface area (Å²) in [4.78, 5) is 24.0. The predicted molar refractivity (Wildman–Crippen MR) is 96.0 cm³/mol. The molecule has 128 valence electrons. The number of amides is 2. The van der Waals surface area contributed by atoms with Gasteiger partial charge in [-0.2, -0.15) is 0 Å². The minimum absolute atomic E-state index is 0.0672. The maximum absolute atomic E-state index is 12.2. The van der Waals surface area contributed by atoms with Gasteiger partial charge in [0, 0.05) is 17.2 Å². The van der Waals surface area contributed by atoms with E-state index >= 15 is 0 Å². The van der Waals surface area contributed by atoms with E-state index in [9.17, 15) is 9.59 Å². The molecular formula is C16H23IN2O4. The van der Waals surface area contributed by atoms with Crippen LogP contribution in [0.3, 0.4) is 0 Å². The standard InChI is InChI=1S/C16H23IN2O4/c1-16(2,3)23-15(21)19-13(10-22-4)14(20)18-9-11-5-7-12(17)8-6-11/h5-8,13H,9-10H2,1-4H3,(H,18,20)(H,19,21)/t13-/m1/s1. The van der Waals surface area contributed by atoms with E-state index in [4.69, 9.17) is 9.47 Å². The minimum Gasteiger partial charge on any atom is -0.444 e. The molecule has 1 rings (SSSR count). The topological polar surface area (TPSA) is 76.7 Å². The summed E-state index contributed by atoms with van der Waals surface area (Å²) in [6.07, 6.45) is -0.649. The number of methoxy groups -OCH3 is 1. The highest BCUT2D eigenvalue weighted by Crippen LogP contribution is 2.08. The second-order valence-corrected chi connectivity index (χ2v) is 7.24. The maximum atomic E-state index is 12.2. The van der Waals surface area contributed by atoms with Gasteiger partial charge in [0.1, 0.15) is 11.6 Å². The molecule has 0 unspecified atom stereocenters. The molecule has 0 aliphatic rings. The van der Waals surface area contributed by atoms with Gasteiger partial charge in [0.15, 0.2) is 0 Å². The van der Waals surface area contributed by atoms with Gasteiger partial charge in [-0.1, -0.05) is 12.1 Å². The lowest BCUT2D eigenvalue weighted by Crippen LogP contribution is -2.50. The normalized spacial score (nSPS) is 12.4. The van der Waals surface area contributed by atoms with Crippen LogP contribution in [-0.2, 0) is 20.8 Å². The van der Waals surface area contributed by atoms with Crippen molar-refractivity contribution in [2.75, 3.05) is 13.7 Å². The second-order valence-electron chi connectivity index (χ2n) is 6.00. The average Bonchev–Trinajstić information content (AvgIpc) is 2.44. The average molecular weight is 434 g/mol. The number of carbonyl (C=O) groups excluding carboxylic acids is 2. The third-order valence-corrected chi connectivity index (χ3v) is 3.44. The summed E-state index contributed by atoms with van der Waals surface area (Å²) in [6, 6.07) is 7.00. The van der Waals surface area contributed by atoms with Crippen LogP contribution in [0.5, 0.6) is 0 Å². The van der Waals surface area contributed by atoms with E-state index in [1.54, 1.807) is 20.8 Å². The number of rotatable bonds is 6. The number of ether oxygens (including phenoxy) is 2. The Hall–Kier alpha value is -1.35. The molecule has 0 bridgehead atoms. The third kappa shape index (κ3) is 8.17. The van der Waals surface area contributed by atoms with Gasteiger partial charge in [-0.05, 0) is 61.1 Å². The first-order chi connectivity index (χ1) is 10.7. The van der Waals surface area contributed by atoms with Gasteiger partial charge < -0.3 is 20.1 Å². The molecule has 2 N–H and O–H groups in total. The predicted octanol–water partition coefficient (Wildman–Crippen LogP) is 2.45. The molecule has 0 aliphatic heterocycles. The summed E-state index contributed by atoms with van der Waals surface area (Å²) in [7, 11) is 1.47. The van der Waals surface area contributed by atoms with Gasteiger partial charge in [-0.3, -0.25) is 4.79 Å². The van der Waals surface area contributed by atoms with Crippen molar-refractivity contribution < 1.29 is 19.1 Å². The molecule has 0 aromatic heterocycles. The van der Waals surface area contributed by atoms with E-state index in [1.165, 1.54) is 7.11 Å². The van der Waals surface area contributed by atoms with Crippen LogP contribution < -0.4 is 10.6 Å². The molecule has 1 atom stereocenters. The fraction of sp³-hybridized carbons (Fsp3) is 0.500. The van der Waals surface area contributed by atoms with Crippen LogP contribution in [0.25, 0.3) is 0 Å². The first-order valence-corrected chi connectivity index (χ1v) is 8.30. The van der Waals surface area contributed by atoms with Gasteiger partial charge in [0.25, 0.3) is 0 Å². The Bertz CT molecular complexity index is 526. The van der Waals surface area contributed by atoms with E-state index in [0.29, 0.717) is 6.54 Å². The molecule has 7 heteroatoms. The van der Waals surface area contributed by atoms with Crippen LogP contribution in [0.15, 0.2) is 24.3 Å². The van der Waals surface area contributed by atoms with E-state index in [1.807, 2.05) is 24.3 Å². The molecule has 0 aliphatic carbocycles. The number of hydrogen-bond donors (Lipinski definition) is 2. The summed E-state index contributed by atoms with van der Waals surface area (Å²) in [6.45, 7) is 5.72. The number of carbonyl (C=O) groups is 2. The van der Waals surface area contributed by atoms with Crippen molar-refractivity contribution in [1.29, 1.82) is 0 Å². The molecule has 0 spiro atoms. The molecule has 6 nitrogen and oxygen atoms in total. The maximum Gasteiger partial charge on any atom is 0.408 e. The minimum atomic E-state index is -0.807. The van der Waals surface area contributed by atoms with Gasteiger partial charge in [0.2, 0.25) is 5.91 Å². The van der Waals surface area contributed by atoms with E-state index < -0.39 is 17.7 Å². The summed E-state index contributed by atoms with van der Waals surface area (Å²) >= 11 is 2.22. The van der Waals surface area contributed by atoms with Crippen LogP contribution in [0.1, 0.15) is 26.3 Å². The van der Waals surface area contributed by atoms with Crippen LogP contribution in [0, 0.1) is 3.57 Å². The number of benzene rings is 1. The summed E-state index contributed by atoms with van der Waals surface area (Å²) in [5, 5.41) is 5.30. The molecule has 2 amide bonds. The Labute approximate surface area is 150 Å². The van der Waals surface area contributed by atoms with Crippen LogP contribution in [0.4, 0.5) is 4.79 Å². The lowest BCUT2D eigenvalue weighted by molar-refractivity contribution is -0.124. The van der Waals surface area contributed by atoms with Crippen LogP contribution in [0.2, 0.25) is 0 Å². The van der Waals surface area contributed by atoms with Crippen LogP contribution >= 0.6 is 22.6 Å². The molecule has 0 radical (unpaired) electrons. The Morgan fingerprint density at radius 1 is 1.22 bits per heavy atom. The molecular weight excluding hydrogens is 411 g/mol. The zero-order valence-corrected chi connectivity index (χ0v) is 16.0. The summed E-state index contributed by atoms with van der Waals surface area (Å²) < 4.78 is 11.3. The van der Waals surface area contributed by atoms with Gasteiger partial charge >= 0.3 is 6.09 Å². The smallest absolute Gasteiger partial charge is 0.408 e. The first-order valence-electron chi connectivity index (χ1n) is 7.22. The van der Waals surface area contributed by atoms with Crippen molar-refractivity contribution in [3.63, 3.8) is 0 Å². The van der Waals surface area contributed by atoms with Crippen molar-refractivity contribution in [1.82, 2.24) is 10.6 Å². The van der Waals surface area contributed by atoms with Crippen molar-refractivity contribution in [3.8, 4) is 0 Å². The molecule has 0 heterocycles. The highest BCUT2D eigenvalue weighted by molar-refractivity contribution is 14.1. The van der Waals surface area contributed by atoms with Crippen molar-refractivity contribution in [3.05, 3.63) is 33.4 Å². The van der Waals surface area contributed by atoms with E-state index in [2.05, 4.69) is 33.2 Å². The summed E-state index contributed by atoms with van der Waals surface area (Å²) in [5.41, 5.74) is 0.353. The fourth-order valence-electron chi connectivity index (χ4n) is 1.71. The molecule has 1 aromatic carbocycles. The van der Waals surface area contributed by atoms with E-state index in [0.717, 1.165) is 9.13 Å². The third-order valence-electron chi connectivity index (χ3n) is 2.72. The second kappa shape index (κ2) is 9.07. The zero-order chi connectivity index (χ0) is 17.5. The lowest BCUT2D eigenvalue weighted by Gasteiger charge is -2.23. The fourth-order valence-corrected chi connectivity index (χ4v) is 2.07. The zero-order valence-electron chi connectivity index (χ0n) is 13.8. The Kier molecular flexibility index (Phi) is 7.77. The number of halogens is 1. The number of alkyl carbamates (subject to hydrolysis) is 1. The SMILES string of the molecule is COC[C@@H](NC(=O)OC(C)(C)C)C(=O)NCc1ccc(I)cc1. The van der Waals surface area contributed by atoms with Crippen molar-refractivity contribution in [2.24, 2.45) is 0 Å². The molecule has 0 saturated heterocycles. The van der Waals surface area contributed by atoms with Gasteiger partial charge in [0.05, 0.1) is 6.61 Å². The number of nitrogens with one attached hydrogen (secondary N) is 2. The molecule has 1 aromatic rings. The van der Waals surface area contributed by atoms with Gasteiger partial charge in [-0.25, -0.2) is 4.79 Å². The van der Waals surface area contributed by atoms with Crippen LogP contribution in [-0.4, -0.2) is 37.4 Å². The number of hydrogen-bond acceptors (Lipinski definition) is 4. The van der Waals surface area contributed by atoms with Gasteiger partial charge in [-0.15, -0.1) is 0 Å². The molecule has 0 fully saturated rings. The summed E-state index contributed by atoms with van der Waals surface area (Å²) in [5.74, 6) is -0.323. The quantitative estimate of drug-likeness (QED) is 0.675. The largest absolute Gasteiger partial charge is 0.444 e. The van der Waals surface area contributed by atoms with Crippen molar-refractivity contribution in [2.45, 2.75) is 39.0 Å². The lowest BCUT2D eigenvalue weighted by atomic mass is 10.2. The first kappa shape index (κ1) is 19.7. The Morgan fingerprint density at radius 3 is 2.35 bits per heavy atom. The molecule has 23 heavy (non-hydrogen) atoms. The highest BCUT2D eigenvalue weighted by atomic mass is 127. The monoisotopic (exact) mass is 434 g/mol. The Morgan fingerprint density at radius 2 is 1.83 bits per heavy atom. The highest BCUT2D eigenvalue weighted by Gasteiger charge is 2.24. The Balaban J connectivity index is 2.56.